The lowest BCUT2D eigenvalue weighted by molar-refractivity contribution is -0.135. The molecule has 0 amide bonds. The van der Waals surface area contributed by atoms with Crippen molar-refractivity contribution in [3.8, 4) is 6.07 Å². The summed E-state index contributed by atoms with van der Waals surface area (Å²) in [5.41, 5.74) is 1.65. The maximum atomic E-state index is 12.8. The van der Waals surface area contributed by atoms with Crippen molar-refractivity contribution in [2.45, 2.75) is 26.7 Å². The smallest absolute Gasteiger partial charge is 0.348 e. The molecule has 0 saturated heterocycles. The number of esters is 1. The summed E-state index contributed by atoms with van der Waals surface area (Å²) in [4.78, 5) is 24.4. The molecular weight excluding hydrogens is 354 g/mol. The number of Topliss-reactive ketones (excluding diaryl/α,β-unsaturated/α-hetero) is 1. The number of allylic oxidation sites excluding steroid dienone is 1. The molecule has 1 aromatic heterocycles. The highest BCUT2D eigenvalue weighted by Gasteiger charge is 2.60. The van der Waals surface area contributed by atoms with Crippen LogP contribution in [0, 0.1) is 28.6 Å². The molecule has 1 aliphatic rings. The van der Waals surface area contributed by atoms with Gasteiger partial charge in [0.05, 0.1) is 13.4 Å². The topological polar surface area (TPSA) is 80.3 Å². The summed E-state index contributed by atoms with van der Waals surface area (Å²) in [7, 11) is 1.24. The summed E-state index contributed by atoms with van der Waals surface area (Å²) in [6.07, 6.45) is 4.16. The third-order valence-corrected chi connectivity index (χ3v) is 5.44. The Bertz CT molecular complexity index is 946. The summed E-state index contributed by atoms with van der Waals surface area (Å²) in [5, 5.41) is 9.14. The number of hydrogen-bond donors (Lipinski definition) is 0. The van der Waals surface area contributed by atoms with E-state index in [0.29, 0.717) is 6.42 Å². The van der Waals surface area contributed by atoms with Crippen molar-refractivity contribution in [3.05, 3.63) is 71.2 Å². The zero-order valence-electron chi connectivity index (χ0n) is 16.3. The number of carbonyl (C=O) groups excluding carboxylic acids is 2. The molecule has 28 heavy (non-hydrogen) atoms. The summed E-state index contributed by atoms with van der Waals surface area (Å²) >= 11 is 0. The van der Waals surface area contributed by atoms with Crippen LogP contribution >= 0.6 is 0 Å². The monoisotopic (exact) mass is 377 g/mol. The fourth-order valence-corrected chi connectivity index (χ4v) is 3.76. The van der Waals surface area contributed by atoms with Crippen LogP contribution in [0.3, 0.4) is 0 Å². The first kappa shape index (κ1) is 19.6. The SMILES string of the molecule is COC(=O)C(C#N)=CC1C(C(=O)Cc2coc(Cc3ccccc3)c2)C1(C)C. The minimum atomic E-state index is -0.670. The Labute approximate surface area is 164 Å². The van der Waals surface area contributed by atoms with Crippen molar-refractivity contribution >= 4 is 11.8 Å². The number of nitriles is 1. The minimum absolute atomic E-state index is 0.0515. The summed E-state index contributed by atoms with van der Waals surface area (Å²) in [6, 6.07) is 13.8. The Morgan fingerprint density at radius 3 is 2.61 bits per heavy atom. The number of nitrogens with zero attached hydrogens (tertiary/aromatic N) is 1. The minimum Gasteiger partial charge on any atom is -0.469 e. The zero-order valence-corrected chi connectivity index (χ0v) is 16.3. The molecule has 1 aliphatic carbocycles. The Morgan fingerprint density at radius 1 is 1.25 bits per heavy atom. The predicted octanol–water partition coefficient (Wildman–Crippen LogP) is 3.88. The molecule has 2 unspecified atom stereocenters. The lowest BCUT2D eigenvalue weighted by atomic mass is 10.0. The van der Waals surface area contributed by atoms with Crippen LogP contribution in [-0.2, 0) is 27.2 Å². The summed E-state index contributed by atoms with van der Waals surface area (Å²) in [6.45, 7) is 3.94. The number of ether oxygens (including phenoxy) is 1. The number of carbonyl (C=O) groups is 2. The quantitative estimate of drug-likeness (QED) is 0.416. The highest BCUT2D eigenvalue weighted by Crippen LogP contribution is 2.60. The van der Waals surface area contributed by atoms with Crippen molar-refractivity contribution in [3.63, 3.8) is 0 Å². The van der Waals surface area contributed by atoms with Crippen LogP contribution in [0.15, 0.2) is 58.7 Å². The van der Waals surface area contributed by atoms with Gasteiger partial charge in [-0.15, -0.1) is 0 Å². The van der Waals surface area contributed by atoms with Gasteiger partial charge in [0, 0.05) is 18.8 Å². The number of furan rings is 1. The Morgan fingerprint density at radius 2 is 1.96 bits per heavy atom. The fraction of sp³-hybridized carbons (Fsp3) is 0.348. The van der Waals surface area contributed by atoms with E-state index < -0.39 is 5.97 Å². The van der Waals surface area contributed by atoms with Gasteiger partial charge in [0.15, 0.2) is 0 Å². The molecular formula is C23H23NO4. The summed E-state index contributed by atoms with van der Waals surface area (Å²) in [5.74, 6) is -0.146. The predicted molar refractivity (Wildman–Crippen MR) is 103 cm³/mol. The number of methoxy groups -OCH3 is 1. The second-order valence-corrected chi connectivity index (χ2v) is 7.74. The fourth-order valence-electron chi connectivity index (χ4n) is 3.76. The van der Waals surface area contributed by atoms with Gasteiger partial charge in [-0.25, -0.2) is 4.79 Å². The molecule has 0 spiro atoms. The van der Waals surface area contributed by atoms with E-state index in [4.69, 9.17) is 9.68 Å². The van der Waals surface area contributed by atoms with Crippen molar-refractivity contribution in [1.82, 2.24) is 0 Å². The zero-order chi connectivity index (χ0) is 20.3. The lowest BCUT2D eigenvalue weighted by Gasteiger charge is -2.00. The third kappa shape index (κ3) is 4.07. The van der Waals surface area contributed by atoms with Crippen LogP contribution in [0.25, 0.3) is 0 Å². The van der Waals surface area contributed by atoms with Crippen molar-refractivity contribution in [1.29, 1.82) is 5.26 Å². The molecule has 1 saturated carbocycles. The van der Waals surface area contributed by atoms with Gasteiger partial charge < -0.3 is 9.15 Å². The average Bonchev–Trinajstić information content (AvgIpc) is 2.98. The Kier molecular flexibility index (Phi) is 5.51. The molecule has 1 fully saturated rings. The Hall–Kier alpha value is -3.13. The van der Waals surface area contributed by atoms with Crippen LogP contribution in [0.2, 0.25) is 0 Å². The van der Waals surface area contributed by atoms with Crippen molar-refractivity contribution in [2.75, 3.05) is 7.11 Å². The largest absolute Gasteiger partial charge is 0.469 e. The van der Waals surface area contributed by atoms with Crippen LogP contribution in [-0.4, -0.2) is 18.9 Å². The van der Waals surface area contributed by atoms with E-state index in [9.17, 15) is 9.59 Å². The highest BCUT2D eigenvalue weighted by atomic mass is 16.5. The molecule has 1 heterocycles. The van der Waals surface area contributed by atoms with Crippen molar-refractivity contribution < 1.29 is 18.7 Å². The van der Waals surface area contributed by atoms with Gasteiger partial charge in [0.25, 0.3) is 0 Å². The van der Waals surface area contributed by atoms with E-state index in [0.717, 1.165) is 16.9 Å². The Balaban J connectivity index is 1.66. The molecule has 5 heteroatoms. The van der Waals surface area contributed by atoms with Crippen LogP contribution < -0.4 is 0 Å². The molecule has 1 aromatic carbocycles. The first-order valence-electron chi connectivity index (χ1n) is 9.20. The average molecular weight is 377 g/mol. The molecule has 144 valence electrons. The number of hydrogen-bond acceptors (Lipinski definition) is 5. The van der Waals surface area contributed by atoms with Gasteiger partial charge >= 0.3 is 5.97 Å². The molecule has 5 nitrogen and oxygen atoms in total. The molecule has 0 aliphatic heterocycles. The van der Waals surface area contributed by atoms with Gasteiger partial charge in [-0.05, 0) is 28.5 Å². The molecule has 3 rings (SSSR count). The second kappa shape index (κ2) is 7.85. The maximum absolute atomic E-state index is 12.8. The normalized spacial score (nSPS) is 20.3. The van der Waals surface area contributed by atoms with E-state index >= 15 is 0 Å². The standard InChI is InChI=1S/C23H23NO4/c1-23(2)19(12-17(13-24)22(26)27-3)21(23)20(25)11-16-10-18(28-14-16)9-15-7-5-4-6-8-15/h4-8,10,12,14,19,21H,9,11H2,1-3H3. The van der Waals surface area contributed by atoms with Crippen LogP contribution in [0.1, 0.15) is 30.7 Å². The van der Waals surface area contributed by atoms with Gasteiger partial charge in [-0.1, -0.05) is 50.3 Å². The van der Waals surface area contributed by atoms with Crippen LogP contribution in [0.5, 0.6) is 0 Å². The van der Waals surface area contributed by atoms with E-state index in [-0.39, 0.29) is 35.0 Å². The van der Waals surface area contributed by atoms with Crippen LogP contribution in [0.4, 0.5) is 0 Å². The number of rotatable bonds is 7. The first-order valence-corrected chi connectivity index (χ1v) is 9.20. The molecule has 0 bridgehead atoms. The number of benzene rings is 1. The van der Waals surface area contributed by atoms with E-state index in [1.54, 1.807) is 12.3 Å². The van der Waals surface area contributed by atoms with E-state index in [1.165, 1.54) is 7.11 Å². The first-order chi connectivity index (χ1) is 13.4. The molecule has 0 radical (unpaired) electrons. The highest BCUT2D eigenvalue weighted by molar-refractivity contribution is 5.93. The van der Waals surface area contributed by atoms with Gasteiger partial charge in [0.2, 0.25) is 0 Å². The van der Waals surface area contributed by atoms with Gasteiger partial charge in [-0.3, -0.25) is 4.79 Å². The number of ketones is 1. The lowest BCUT2D eigenvalue weighted by Crippen LogP contribution is -2.09. The third-order valence-electron chi connectivity index (χ3n) is 5.44. The maximum Gasteiger partial charge on any atom is 0.348 e. The molecule has 2 atom stereocenters. The van der Waals surface area contributed by atoms with E-state index in [1.807, 2.05) is 56.3 Å². The molecule has 2 aromatic rings. The summed E-state index contributed by atoms with van der Waals surface area (Å²) < 4.78 is 10.2. The van der Waals surface area contributed by atoms with Crippen molar-refractivity contribution in [2.24, 2.45) is 17.3 Å². The second-order valence-electron chi connectivity index (χ2n) is 7.74. The van der Waals surface area contributed by atoms with Gasteiger partial charge in [-0.2, -0.15) is 5.26 Å². The molecule has 0 N–H and O–H groups in total. The van der Waals surface area contributed by atoms with Gasteiger partial charge in [0.1, 0.15) is 23.2 Å². The van der Waals surface area contributed by atoms with E-state index in [2.05, 4.69) is 4.74 Å².